The summed E-state index contributed by atoms with van der Waals surface area (Å²) in [5.41, 5.74) is 3.27. The zero-order chi connectivity index (χ0) is 18.5. The van der Waals surface area contributed by atoms with Crippen LogP contribution >= 0.6 is 0 Å². The van der Waals surface area contributed by atoms with E-state index in [1.54, 1.807) is 6.20 Å². The Morgan fingerprint density at radius 1 is 1.11 bits per heavy atom. The Morgan fingerprint density at radius 2 is 1.93 bits per heavy atom. The van der Waals surface area contributed by atoms with Crippen LogP contribution in [-0.4, -0.2) is 55.1 Å². The van der Waals surface area contributed by atoms with Crippen molar-refractivity contribution in [2.45, 2.75) is 19.3 Å². The van der Waals surface area contributed by atoms with Crippen LogP contribution in [0.1, 0.15) is 28.8 Å². The summed E-state index contributed by atoms with van der Waals surface area (Å²) in [5, 5.41) is 3.47. The van der Waals surface area contributed by atoms with Crippen LogP contribution in [0.4, 0.5) is 5.69 Å². The highest BCUT2D eigenvalue weighted by Crippen LogP contribution is 2.19. The zero-order valence-corrected chi connectivity index (χ0v) is 15.8. The fraction of sp³-hybridized carbons (Fsp3) is 0.455. The molecule has 4 rings (SSSR count). The van der Waals surface area contributed by atoms with Gasteiger partial charge in [0.2, 0.25) is 0 Å². The topological polar surface area (TPSA) is 48.5 Å². The van der Waals surface area contributed by atoms with Crippen molar-refractivity contribution >= 4 is 11.6 Å². The van der Waals surface area contributed by atoms with Crippen molar-refractivity contribution in [3.8, 4) is 0 Å². The minimum absolute atomic E-state index is 0.145. The van der Waals surface area contributed by atoms with Crippen LogP contribution in [0.2, 0.25) is 0 Å². The van der Waals surface area contributed by atoms with E-state index in [1.807, 2.05) is 29.3 Å². The van der Waals surface area contributed by atoms with Gasteiger partial charge in [-0.3, -0.25) is 9.78 Å². The summed E-state index contributed by atoms with van der Waals surface area (Å²) in [6.45, 7) is 5.47. The molecule has 1 N–H and O–H groups in total. The molecule has 2 saturated heterocycles. The summed E-state index contributed by atoms with van der Waals surface area (Å²) in [6, 6.07) is 12.3. The van der Waals surface area contributed by atoms with E-state index < -0.39 is 0 Å². The maximum Gasteiger partial charge on any atom is 0.253 e. The zero-order valence-electron chi connectivity index (χ0n) is 15.8. The van der Waals surface area contributed by atoms with Crippen molar-refractivity contribution in [1.29, 1.82) is 0 Å². The minimum atomic E-state index is 0.145. The van der Waals surface area contributed by atoms with Crippen molar-refractivity contribution in [3.05, 3.63) is 59.9 Å². The highest BCUT2D eigenvalue weighted by molar-refractivity contribution is 5.94. The van der Waals surface area contributed by atoms with E-state index in [-0.39, 0.29) is 5.91 Å². The quantitative estimate of drug-likeness (QED) is 0.906. The SMILES string of the molecule is O=C(c1ccc(C[C@H]2CCCNC2)cc1)N1CCN(c2cccnc2)CC1. The fourth-order valence-corrected chi connectivity index (χ4v) is 4.11. The first-order valence-corrected chi connectivity index (χ1v) is 10.0. The molecule has 2 aromatic rings. The molecule has 5 heteroatoms. The van der Waals surface area contributed by atoms with Crippen LogP contribution in [-0.2, 0) is 6.42 Å². The maximum atomic E-state index is 12.8. The normalized spacial score (nSPS) is 20.5. The predicted molar refractivity (Wildman–Crippen MR) is 108 cm³/mol. The van der Waals surface area contributed by atoms with E-state index in [0.717, 1.165) is 62.9 Å². The van der Waals surface area contributed by atoms with Gasteiger partial charge in [-0.1, -0.05) is 12.1 Å². The first kappa shape index (κ1) is 18.0. The van der Waals surface area contributed by atoms with Gasteiger partial charge in [0.15, 0.2) is 0 Å². The number of hydrogen-bond acceptors (Lipinski definition) is 4. The molecule has 1 atom stereocenters. The summed E-state index contributed by atoms with van der Waals surface area (Å²) < 4.78 is 0. The van der Waals surface area contributed by atoms with Gasteiger partial charge in [0.25, 0.3) is 5.91 Å². The van der Waals surface area contributed by atoms with E-state index in [9.17, 15) is 4.79 Å². The van der Waals surface area contributed by atoms with E-state index >= 15 is 0 Å². The van der Waals surface area contributed by atoms with Crippen LogP contribution < -0.4 is 10.2 Å². The van der Waals surface area contributed by atoms with Gasteiger partial charge in [0, 0.05) is 37.9 Å². The second kappa shape index (κ2) is 8.53. The van der Waals surface area contributed by atoms with Crippen LogP contribution in [0.5, 0.6) is 0 Å². The molecule has 0 aliphatic carbocycles. The van der Waals surface area contributed by atoms with E-state index in [4.69, 9.17) is 0 Å². The fourth-order valence-electron chi connectivity index (χ4n) is 4.11. The third kappa shape index (κ3) is 4.48. The molecule has 27 heavy (non-hydrogen) atoms. The number of carbonyl (C=O) groups excluding carboxylic acids is 1. The second-order valence-corrected chi connectivity index (χ2v) is 7.60. The molecule has 1 aromatic heterocycles. The molecule has 0 unspecified atom stereocenters. The third-order valence-electron chi connectivity index (χ3n) is 5.70. The summed E-state index contributed by atoms with van der Waals surface area (Å²) in [7, 11) is 0. The average Bonchev–Trinajstić information content (AvgIpc) is 2.75. The molecule has 2 aliphatic rings. The molecule has 0 bridgehead atoms. The average molecular weight is 364 g/mol. The lowest BCUT2D eigenvalue weighted by molar-refractivity contribution is 0.0747. The summed E-state index contributed by atoms with van der Waals surface area (Å²) >= 11 is 0. The van der Waals surface area contributed by atoms with Crippen molar-refractivity contribution in [2.24, 2.45) is 5.92 Å². The number of hydrogen-bond donors (Lipinski definition) is 1. The van der Waals surface area contributed by atoms with Gasteiger partial charge in [-0.15, -0.1) is 0 Å². The number of pyridine rings is 1. The van der Waals surface area contributed by atoms with E-state index in [2.05, 4.69) is 33.4 Å². The Hall–Kier alpha value is -2.40. The number of rotatable bonds is 4. The van der Waals surface area contributed by atoms with Gasteiger partial charge in [0.1, 0.15) is 0 Å². The summed E-state index contributed by atoms with van der Waals surface area (Å²) in [6.07, 6.45) is 7.35. The largest absolute Gasteiger partial charge is 0.367 e. The minimum Gasteiger partial charge on any atom is -0.367 e. The van der Waals surface area contributed by atoms with Crippen molar-refractivity contribution < 1.29 is 4.79 Å². The number of piperazine rings is 1. The van der Waals surface area contributed by atoms with Gasteiger partial charge in [0.05, 0.1) is 11.9 Å². The molecule has 2 aliphatic heterocycles. The Balaban J connectivity index is 1.32. The molecule has 142 valence electrons. The number of benzene rings is 1. The lowest BCUT2D eigenvalue weighted by Crippen LogP contribution is -2.48. The molecule has 1 amide bonds. The number of amides is 1. The smallest absolute Gasteiger partial charge is 0.253 e. The van der Waals surface area contributed by atoms with Crippen LogP contribution in [0.15, 0.2) is 48.8 Å². The van der Waals surface area contributed by atoms with Gasteiger partial charge in [-0.2, -0.15) is 0 Å². The summed E-state index contributed by atoms with van der Waals surface area (Å²) in [5.74, 6) is 0.868. The Bertz CT molecular complexity index is 733. The standard InChI is InChI=1S/C22H28N4O/c27-22(26-13-11-25(12-14-26)21-4-2-10-24-17-21)20-7-5-18(6-8-20)15-19-3-1-9-23-16-19/h2,4-8,10,17,19,23H,1,3,9,11-16H2/t19-/m1/s1. The Labute approximate surface area is 161 Å². The van der Waals surface area contributed by atoms with Gasteiger partial charge in [-0.05, 0) is 68.1 Å². The van der Waals surface area contributed by atoms with Crippen LogP contribution in [0.3, 0.4) is 0 Å². The number of carbonyl (C=O) groups is 1. The monoisotopic (exact) mass is 364 g/mol. The molecule has 5 nitrogen and oxygen atoms in total. The highest BCUT2D eigenvalue weighted by atomic mass is 16.2. The first-order valence-electron chi connectivity index (χ1n) is 10.0. The van der Waals surface area contributed by atoms with Crippen molar-refractivity contribution in [2.75, 3.05) is 44.2 Å². The predicted octanol–water partition coefficient (Wildman–Crippen LogP) is 2.59. The van der Waals surface area contributed by atoms with Gasteiger partial charge < -0.3 is 15.1 Å². The van der Waals surface area contributed by atoms with Gasteiger partial charge in [-0.25, -0.2) is 0 Å². The Kier molecular flexibility index (Phi) is 5.68. The third-order valence-corrected chi connectivity index (χ3v) is 5.70. The van der Waals surface area contributed by atoms with Crippen LogP contribution in [0.25, 0.3) is 0 Å². The molecule has 0 radical (unpaired) electrons. The maximum absolute atomic E-state index is 12.8. The van der Waals surface area contributed by atoms with E-state index in [1.165, 1.54) is 18.4 Å². The summed E-state index contributed by atoms with van der Waals surface area (Å²) in [4.78, 5) is 21.3. The van der Waals surface area contributed by atoms with Crippen LogP contribution in [0, 0.1) is 5.92 Å². The van der Waals surface area contributed by atoms with Crippen molar-refractivity contribution in [3.63, 3.8) is 0 Å². The molecule has 0 saturated carbocycles. The molecule has 1 aromatic carbocycles. The molecular formula is C22H28N4O. The highest BCUT2D eigenvalue weighted by Gasteiger charge is 2.22. The lowest BCUT2D eigenvalue weighted by atomic mass is 9.92. The lowest BCUT2D eigenvalue weighted by Gasteiger charge is -2.36. The molecule has 2 fully saturated rings. The Morgan fingerprint density at radius 3 is 2.59 bits per heavy atom. The van der Waals surface area contributed by atoms with Crippen molar-refractivity contribution in [1.82, 2.24) is 15.2 Å². The number of nitrogens with one attached hydrogen (secondary N) is 1. The second-order valence-electron chi connectivity index (χ2n) is 7.60. The molecule has 3 heterocycles. The van der Waals surface area contributed by atoms with Gasteiger partial charge >= 0.3 is 0 Å². The number of piperidine rings is 1. The molecular weight excluding hydrogens is 336 g/mol. The number of nitrogens with zero attached hydrogens (tertiary/aromatic N) is 3. The molecule has 0 spiro atoms. The number of anilines is 1. The number of aromatic nitrogens is 1. The first-order chi connectivity index (χ1) is 13.3. The van der Waals surface area contributed by atoms with E-state index in [0.29, 0.717) is 0 Å².